The summed E-state index contributed by atoms with van der Waals surface area (Å²) in [5.41, 5.74) is 4.57. The zero-order valence-corrected chi connectivity index (χ0v) is 15.5. The van der Waals surface area contributed by atoms with Crippen LogP contribution in [0.1, 0.15) is 46.2 Å². The van der Waals surface area contributed by atoms with Crippen molar-refractivity contribution in [3.05, 3.63) is 71.3 Å². The van der Waals surface area contributed by atoms with E-state index < -0.39 is 0 Å². The molecule has 1 unspecified atom stereocenters. The normalized spacial score (nSPS) is 15.9. The molecule has 27 heavy (non-hydrogen) atoms. The van der Waals surface area contributed by atoms with E-state index in [1.54, 1.807) is 13.3 Å². The van der Waals surface area contributed by atoms with E-state index >= 15 is 0 Å². The van der Waals surface area contributed by atoms with Crippen molar-refractivity contribution in [3.63, 3.8) is 0 Å². The number of carbonyl (C=O) groups excluding carboxylic acids is 1. The van der Waals surface area contributed by atoms with Crippen molar-refractivity contribution in [2.24, 2.45) is 0 Å². The molecule has 1 N–H and O–H groups in total. The van der Waals surface area contributed by atoms with Gasteiger partial charge in [-0.25, -0.2) is 4.68 Å². The first-order chi connectivity index (χ1) is 13.2. The summed E-state index contributed by atoms with van der Waals surface area (Å²) in [7, 11) is 1.65. The number of hydrogen-bond donors (Lipinski definition) is 1. The predicted octanol–water partition coefficient (Wildman–Crippen LogP) is 3.39. The Bertz CT molecular complexity index is 963. The number of methoxy groups -OCH3 is 1. The van der Waals surface area contributed by atoms with Gasteiger partial charge in [-0.2, -0.15) is 5.10 Å². The maximum Gasteiger partial charge on any atom is 0.270 e. The van der Waals surface area contributed by atoms with E-state index in [0.29, 0.717) is 5.69 Å². The Balaban J connectivity index is 1.60. The van der Waals surface area contributed by atoms with Crippen molar-refractivity contribution < 1.29 is 9.53 Å². The maximum absolute atomic E-state index is 12.7. The van der Waals surface area contributed by atoms with Crippen molar-refractivity contribution in [2.75, 3.05) is 7.11 Å². The van der Waals surface area contributed by atoms with E-state index in [1.807, 2.05) is 54.2 Å². The van der Waals surface area contributed by atoms with Crippen molar-refractivity contribution >= 4 is 5.91 Å². The number of benzene rings is 1. The average Bonchev–Trinajstić information content (AvgIpc) is 3.13. The van der Waals surface area contributed by atoms with Crippen LogP contribution in [-0.2, 0) is 6.42 Å². The number of aryl methyl sites for hydroxylation is 1. The molecular weight excluding hydrogens is 340 g/mol. The summed E-state index contributed by atoms with van der Waals surface area (Å²) in [4.78, 5) is 16.9. The SMILES string of the molecule is COc1ccc(-n2ncc3c2CCCC3NC(=O)c2ncccc2C)cc1. The van der Waals surface area contributed by atoms with Gasteiger partial charge in [-0.1, -0.05) is 6.07 Å². The molecule has 4 rings (SSSR count). The molecule has 0 radical (unpaired) electrons. The first-order valence-corrected chi connectivity index (χ1v) is 9.11. The number of pyridine rings is 1. The minimum absolute atomic E-state index is 0.0466. The lowest BCUT2D eigenvalue weighted by Crippen LogP contribution is -2.32. The van der Waals surface area contributed by atoms with Gasteiger partial charge in [-0.05, 0) is 62.1 Å². The van der Waals surface area contributed by atoms with Crippen LogP contribution in [-0.4, -0.2) is 27.8 Å². The van der Waals surface area contributed by atoms with E-state index in [9.17, 15) is 4.79 Å². The quantitative estimate of drug-likeness (QED) is 0.772. The van der Waals surface area contributed by atoms with Gasteiger partial charge in [-0.15, -0.1) is 0 Å². The Kier molecular flexibility index (Phi) is 4.62. The molecule has 0 saturated heterocycles. The van der Waals surface area contributed by atoms with E-state index in [1.165, 1.54) is 0 Å². The smallest absolute Gasteiger partial charge is 0.270 e. The fourth-order valence-corrected chi connectivity index (χ4v) is 3.60. The van der Waals surface area contributed by atoms with Crippen molar-refractivity contribution in [1.82, 2.24) is 20.1 Å². The molecule has 2 heterocycles. The third-order valence-electron chi connectivity index (χ3n) is 5.03. The average molecular weight is 362 g/mol. The molecule has 1 atom stereocenters. The molecule has 0 aliphatic heterocycles. The highest BCUT2D eigenvalue weighted by Gasteiger charge is 2.27. The first-order valence-electron chi connectivity index (χ1n) is 9.11. The fourth-order valence-electron chi connectivity index (χ4n) is 3.60. The van der Waals surface area contributed by atoms with Crippen molar-refractivity contribution in [2.45, 2.75) is 32.2 Å². The molecule has 1 amide bonds. The number of fused-ring (bicyclic) bond motifs is 1. The fraction of sp³-hybridized carbons (Fsp3) is 0.286. The topological polar surface area (TPSA) is 69.0 Å². The second-order valence-corrected chi connectivity index (χ2v) is 6.74. The highest BCUT2D eigenvalue weighted by Crippen LogP contribution is 2.31. The molecule has 138 valence electrons. The van der Waals surface area contributed by atoms with Crippen LogP contribution >= 0.6 is 0 Å². The molecule has 6 nitrogen and oxygen atoms in total. The van der Waals surface area contributed by atoms with E-state index in [-0.39, 0.29) is 11.9 Å². The van der Waals surface area contributed by atoms with Crippen LogP contribution in [0, 0.1) is 6.92 Å². The molecule has 0 saturated carbocycles. The van der Waals surface area contributed by atoms with Crippen molar-refractivity contribution in [3.8, 4) is 11.4 Å². The van der Waals surface area contributed by atoms with E-state index in [0.717, 1.165) is 47.5 Å². The lowest BCUT2D eigenvalue weighted by Gasteiger charge is -2.24. The largest absolute Gasteiger partial charge is 0.497 e. The van der Waals surface area contributed by atoms with Crippen molar-refractivity contribution in [1.29, 1.82) is 0 Å². The molecule has 3 aromatic rings. The minimum atomic E-state index is -0.136. The summed E-state index contributed by atoms with van der Waals surface area (Å²) in [5.74, 6) is 0.679. The van der Waals surface area contributed by atoms with Crippen LogP contribution in [0.2, 0.25) is 0 Å². The summed E-state index contributed by atoms with van der Waals surface area (Å²) in [6.45, 7) is 1.90. The van der Waals surface area contributed by atoms with Crippen LogP contribution in [0.3, 0.4) is 0 Å². The number of nitrogens with zero attached hydrogens (tertiary/aromatic N) is 3. The molecule has 6 heteroatoms. The molecule has 0 spiro atoms. The second kappa shape index (κ2) is 7.23. The first kappa shape index (κ1) is 17.3. The molecule has 1 aromatic carbocycles. The Hall–Kier alpha value is -3.15. The zero-order valence-electron chi connectivity index (χ0n) is 15.5. The predicted molar refractivity (Wildman–Crippen MR) is 102 cm³/mol. The number of carbonyl (C=O) groups is 1. The van der Waals surface area contributed by atoms with Gasteiger partial charge >= 0.3 is 0 Å². The third-order valence-corrected chi connectivity index (χ3v) is 5.03. The van der Waals surface area contributed by atoms with Gasteiger partial charge in [0.1, 0.15) is 11.4 Å². The summed E-state index contributed by atoms with van der Waals surface area (Å²) >= 11 is 0. The van der Waals surface area contributed by atoms with Crippen LogP contribution in [0.4, 0.5) is 0 Å². The number of ether oxygens (including phenoxy) is 1. The third kappa shape index (κ3) is 3.30. The van der Waals surface area contributed by atoms with Gasteiger partial charge in [0.05, 0.1) is 25.0 Å². The summed E-state index contributed by atoms with van der Waals surface area (Å²) in [6.07, 6.45) is 6.36. The van der Waals surface area contributed by atoms with E-state index in [4.69, 9.17) is 4.74 Å². The monoisotopic (exact) mass is 362 g/mol. The summed E-state index contributed by atoms with van der Waals surface area (Å²) in [6, 6.07) is 11.5. The minimum Gasteiger partial charge on any atom is -0.497 e. The number of amides is 1. The highest BCUT2D eigenvalue weighted by molar-refractivity contribution is 5.93. The number of rotatable bonds is 4. The van der Waals surface area contributed by atoms with Gasteiger partial charge in [0.25, 0.3) is 5.91 Å². The van der Waals surface area contributed by atoms with Crippen LogP contribution in [0.25, 0.3) is 5.69 Å². The molecule has 1 aliphatic carbocycles. The lowest BCUT2D eigenvalue weighted by atomic mass is 9.92. The molecule has 0 fully saturated rings. The summed E-state index contributed by atoms with van der Waals surface area (Å²) < 4.78 is 7.19. The molecular formula is C21H22N4O2. The van der Waals surface area contributed by atoms with E-state index in [2.05, 4.69) is 15.4 Å². The highest BCUT2D eigenvalue weighted by atomic mass is 16.5. The van der Waals surface area contributed by atoms with Crippen LogP contribution < -0.4 is 10.1 Å². The van der Waals surface area contributed by atoms with Gasteiger partial charge < -0.3 is 10.1 Å². The lowest BCUT2D eigenvalue weighted by molar-refractivity contribution is 0.0927. The molecule has 2 aromatic heterocycles. The van der Waals surface area contributed by atoms with Crippen LogP contribution in [0.5, 0.6) is 5.75 Å². The summed E-state index contributed by atoms with van der Waals surface area (Å²) in [5, 5.41) is 7.72. The van der Waals surface area contributed by atoms with Gasteiger partial charge in [0.15, 0.2) is 0 Å². The zero-order chi connectivity index (χ0) is 18.8. The Labute approximate surface area is 158 Å². The van der Waals surface area contributed by atoms with Gasteiger partial charge in [0.2, 0.25) is 0 Å². The second-order valence-electron chi connectivity index (χ2n) is 6.74. The Morgan fingerprint density at radius 3 is 2.81 bits per heavy atom. The molecule has 0 bridgehead atoms. The number of hydrogen-bond acceptors (Lipinski definition) is 4. The van der Waals surface area contributed by atoms with Crippen LogP contribution in [0.15, 0.2) is 48.8 Å². The standard InChI is InChI=1S/C21H22N4O2/c1-14-5-4-12-22-20(14)21(26)24-18-6-3-7-19-17(18)13-23-25(19)15-8-10-16(27-2)11-9-15/h4-5,8-13,18H,3,6-7H2,1-2H3,(H,24,26). The maximum atomic E-state index is 12.7. The Morgan fingerprint density at radius 2 is 2.07 bits per heavy atom. The van der Waals surface area contributed by atoms with Gasteiger partial charge in [-0.3, -0.25) is 9.78 Å². The molecule has 1 aliphatic rings. The number of aromatic nitrogens is 3. The number of nitrogens with one attached hydrogen (secondary N) is 1. The van der Waals surface area contributed by atoms with Gasteiger partial charge in [0, 0.05) is 17.5 Å². The Morgan fingerprint density at radius 1 is 1.26 bits per heavy atom.